The lowest BCUT2D eigenvalue weighted by atomic mass is 9.91. The number of rotatable bonds is 5. The quantitative estimate of drug-likeness (QED) is 0.826. The van der Waals surface area contributed by atoms with E-state index in [1.54, 1.807) is 18.2 Å². The number of carbonyl (C=O) groups is 2. The lowest BCUT2D eigenvalue weighted by Gasteiger charge is -2.33. The normalized spacial score (nSPS) is 21.5. The van der Waals surface area contributed by atoms with Crippen LogP contribution in [0.15, 0.2) is 24.3 Å². The van der Waals surface area contributed by atoms with E-state index in [0.29, 0.717) is 12.0 Å². The van der Waals surface area contributed by atoms with Gasteiger partial charge < -0.3 is 10.1 Å². The molecule has 102 valence electrons. The summed E-state index contributed by atoms with van der Waals surface area (Å²) in [7, 11) is 0. The molecular formula is C14H16FNO3. The Morgan fingerprint density at radius 1 is 1.42 bits per heavy atom. The van der Waals surface area contributed by atoms with Gasteiger partial charge in [-0.3, -0.25) is 9.59 Å². The van der Waals surface area contributed by atoms with Gasteiger partial charge in [-0.1, -0.05) is 31.5 Å². The van der Waals surface area contributed by atoms with Crippen LogP contribution in [-0.4, -0.2) is 18.0 Å². The maximum atomic E-state index is 13.4. The Morgan fingerprint density at radius 3 is 2.79 bits per heavy atom. The zero-order valence-electron chi connectivity index (χ0n) is 10.7. The van der Waals surface area contributed by atoms with Crippen LogP contribution in [0.1, 0.15) is 25.3 Å². The molecule has 0 radical (unpaired) electrons. The molecule has 5 heteroatoms. The minimum atomic E-state index is -0.723. The minimum absolute atomic E-state index is 0.0956. The van der Waals surface area contributed by atoms with Crippen molar-refractivity contribution >= 4 is 11.9 Å². The van der Waals surface area contributed by atoms with Crippen molar-refractivity contribution in [3.8, 4) is 0 Å². The standard InChI is InChI=1S/C14H16FNO3/c1-2-5-10-12(19-14(10)18)13(17)16-8-9-6-3-4-7-11(9)15/h3-4,6-7,10,12H,2,5,8H2,1H3,(H,16,17)/t10?,12-/m1/s1. The number of benzene rings is 1. The van der Waals surface area contributed by atoms with Crippen molar-refractivity contribution in [2.45, 2.75) is 32.4 Å². The van der Waals surface area contributed by atoms with Crippen molar-refractivity contribution in [2.75, 3.05) is 0 Å². The Kier molecular flexibility index (Phi) is 4.14. The molecule has 0 saturated carbocycles. The van der Waals surface area contributed by atoms with Gasteiger partial charge >= 0.3 is 5.97 Å². The average molecular weight is 265 g/mol. The Bertz CT molecular complexity index is 489. The van der Waals surface area contributed by atoms with Crippen molar-refractivity contribution in [3.63, 3.8) is 0 Å². The second-order valence-corrected chi connectivity index (χ2v) is 4.56. The molecule has 1 N–H and O–H groups in total. The van der Waals surface area contributed by atoms with Crippen molar-refractivity contribution in [1.82, 2.24) is 5.32 Å². The van der Waals surface area contributed by atoms with E-state index in [1.165, 1.54) is 6.07 Å². The molecule has 1 aromatic rings. The van der Waals surface area contributed by atoms with E-state index in [9.17, 15) is 14.0 Å². The third kappa shape index (κ3) is 2.92. The molecule has 2 rings (SSSR count). The van der Waals surface area contributed by atoms with E-state index in [-0.39, 0.29) is 30.2 Å². The summed E-state index contributed by atoms with van der Waals surface area (Å²) in [6.07, 6.45) is 0.729. The highest BCUT2D eigenvalue weighted by Crippen LogP contribution is 2.27. The lowest BCUT2D eigenvalue weighted by molar-refractivity contribution is -0.189. The third-order valence-corrected chi connectivity index (χ3v) is 3.18. The predicted octanol–water partition coefficient (Wildman–Crippen LogP) is 1.78. The van der Waals surface area contributed by atoms with Gasteiger partial charge in [-0.15, -0.1) is 0 Å². The zero-order valence-corrected chi connectivity index (χ0v) is 10.7. The second-order valence-electron chi connectivity index (χ2n) is 4.56. The molecule has 0 aliphatic carbocycles. The van der Waals surface area contributed by atoms with Gasteiger partial charge in [0.2, 0.25) is 0 Å². The van der Waals surface area contributed by atoms with Crippen molar-refractivity contribution in [2.24, 2.45) is 5.92 Å². The van der Waals surface area contributed by atoms with Crippen LogP contribution in [-0.2, 0) is 20.9 Å². The van der Waals surface area contributed by atoms with Gasteiger partial charge in [-0.25, -0.2) is 4.39 Å². The molecule has 4 nitrogen and oxygen atoms in total. The third-order valence-electron chi connectivity index (χ3n) is 3.18. The van der Waals surface area contributed by atoms with Crippen LogP contribution in [0.25, 0.3) is 0 Å². The number of esters is 1. The highest BCUT2D eigenvalue weighted by atomic mass is 19.1. The average Bonchev–Trinajstić information content (AvgIpc) is 2.41. The Morgan fingerprint density at radius 2 is 2.16 bits per heavy atom. The van der Waals surface area contributed by atoms with Crippen LogP contribution in [0.3, 0.4) is 0 Å². The first kappa shape index (κ1) is 13.5. The first-order chi connectivity index (χ1) is 9.13. The fourth-order valence-electron chi connectivity index (χ4n) is 2.09. The maximum absolute atomic E-state index is 13.4. The van der Waals surface area contributed by atoms with Crippen LogP contribution in [0.5, 0.6) is 0 Å². The van der Waals surface area contributed by atoms with Gasteiger partial charge in [0, 0.05) is 12.1 Å². The smallest absolute Gasteiger partial charge is 0.314 e. The summed E-state index contributed by atoms with van der Waals surface area (Å²) < 4.78 is 18.2. The summed E-state index contributed by atoms with van der Waals surface area (Å²) in [5.41, 5.74) is 0.411. The molecule has 1 fully saturated rings. The summed E-state index contributed by atoms with van der Waals surface area (Å²) in [5, 5.41) is 2.59. The topological polar surface area (TPSA) is 55.4 Å². The van der Waals surface area contributed by atoms with Crippen LogP contribution in [0.2, 0.25) is 0 Å². The Balaban J connectivity index is 1.88. The van der Waals surface area contributed by atoms with E-state index >= 15 is 0 Å². The molecule has 1 aromatic carbocycles. The second kappa shape index (κ2) is 5.82. The molecular weight excluding hydrogens is 249 g/mol. The van der Waals surface area contributed by atoms with Crippen molar-refractivity contribution in [3.05, 3.63) is 35.6 Å². The highest BCUT2D eigenvalue weighted by molar-refractivity contribution is 5.94. The van der Waals surface area contributed by atoms with Crippen LogP contribution < -0.4 is 5.32 Å². The zero-order chi connectivity index (χ0) is 13.8. The molecule has 2 atom stereocenters. The number of carbonyl (C=O) groups excluding carboxylic acids is 2. The number of hydrogen-bond donors (Lipinski definition) is 1. The fourth-order valence-corrected chi connectivity index (χ4v) is 2.09. The summed E-state index contributed by atoms with van der Waals surface area (Å²) >= 11 is 0. The first-order valence-corrected chi connectivity index (χ1v) is 6.35. The highest BCUT2D eigenvalue weighted by Gasteiger charge is 2.46. The van der Waals surface area contributed by atoms with E-state index in [1.807, 2.05) is 6.92 Å². The Hall–Kier alpha value is -1.91. The SMILES string of the molecule is CCCC1C(=O)O[C@H]1C(=O)NCc1ccccc1F. The number of hydrogen-bond acceptors (Lipinski definition) is 3. The van der Waals surface area contributed by atoms with Gasteiger partial charge in [0.1, 0.15) is 11.7 Å². The first-order valence-electron chi connectivity index (χ1n) is 6.35. The summed E-state index contributed by atoms with van der Waals surface area (Å²) in [6, 6.07) is 6.23. The molecule has 0 aromatic heterocycles. The maximum Gasteiger partial charge on any atom is 0.314 e. The summed E-state index contributed by atoms with van der Waals surface area (Å²) in [5.74, 6) is -1.40. The molecule has 1 unspecified atom stereocenters. The van der Waals surface area contributed by atoms with Crippen LogP contribution in [0, 0.1) is 11.7 Å². The minimum Gasteiger partial charge on any atom is -0.451 e. The van der Waals surface area contributed by atoms with Gasteiger partial charge in [-0.05, 0) is 12.5 Å². The van der Waals surface area contributed by atoms with E-state index in [0.717, 1.165) is 6.42 Å². The van der Waals surface area contributed by atoms with Gasteiger partial charge in [0.25, 0.3) is 5.91 Å². The fraction of sp³-hybridized carbons (Fsp3) is 0.429. The van der Waals surface area contributed by atoms with Gasteiger partial charge in [-0.2, -0.15) is 0 Å². The van der Waals surface area contributed by atoms with Crippen LogP contribution >= 0.6 is 0 Å². The summed E-state index contributed by atoms with van der Waals surface area (Å²) in [6.45, 7) is 2.04. The largest absolute Gasteiger partial charge is 0.451 e. The van der Waals surface area contributed by atoms with E-state index in [4.69, 9.17) is 4.74 Å². The number of nitrogens with one attached hydrogen (secondary N) is 1. The number of cyclic esters (lactones) is 1. The summed E-state index contributed by atoms with van der Waals surface area (Å²) in [4.78, 5) is 23.0. The van der Waals surface area contributed by atoms with Crippen molar-refractivity contribution in [1.29, 1.82) is 0 Å². The van der Waals surface area contributed by atoms with Crippen molar-refractivity contribution < 1.29 is 18.7 Å². The molecule has 1 aliphatic rings. The number of halogens is 1. The van der Waals surface area contributed by atoms with E-state index < -0.39 is 6.10 Å². The van der Waals surface area contributed by atoms with Crippen LogP contribution in [0.4, 0.5) is 4.39 Å². The molecule has 0 spiro atoms. The number of ether oxygens (including phenoxy) is 1. The van der Waals surface area contributed by atoms with Gasteiger partial charge in [0.15, 0.2) is 6.10 Å². The monoisotopic (exact) mass is 265 g/mol. The molecule has 1 aliphatic heterocycles. The molecule has 19 heavy (non-hydrogen) atoms. The molecule has 1 saturated heterocycles. The van der Waals surface area contributed by atoms with Gasteiger partial charge in [0.05, 0.1) is 0 Å². The number of amides is 1. The Labute approximate surface area is 110 Å². The molecule has 0 bridgehead atoms. The molecule has 1 heterocycles. The lowest BCUT2D eigenvalue weighted by Crippen LogP contribution is -2.53. The predicted molar refractivity (Wildman–Crippen MR) is 66.5 cm³/mol. The van der Waals surface area contributed by atoms with E-state index in [2.05, 4.69) is 5.32 Å². The molecule has 1 amide bonds.